The number of ketones is 1. The van der Waals surface area contributed by atoms with E-state index in [1.165, 1.54) is 0 Å². The largest absolute Gasteiger partial charge is 0.314 e. The zero-order valence-corrected chi connectivity index (χ0v) is 10.9. The van der Waals surface area contributed by atoms with Crippen molar-refractivity contribution in [2.24, 2.45) is 0 Å². The van der Waals surface area contributed by atoms with Crippen molar-refractivity contribution in [3.05, 3.63) is 60.0 Å². The van der Waals surface area contributed by atoms with E-state index in [2.05, 4.69) is 4.98 Å². The lowest BCUT2D eigenvalue weighted by Gasteiger charge is -2.07. The molecule has 19 heavy (non-hydrogen) atoms. The van der Waals surface area contributed by atoms with Crippen LogP contribution >= 0.6 is 0 Å². The quantitative estimate of drug-likeness (QED) is 0.652. The Morgan fingerprint density at radius 3 is 2.74 bits per heavy atom. The molecule has 0 atom stereocenters. The molecular weight excluding hydrogens is 236 g/mol. The van der Waals surface area contributed by atoms with Crippen LogP contribution in [0.2, 0.25) is 0 Å². The number of rotatable bonds is 2. The van der Waals surface area contributed by atoms with Crippen molar-refractivity contribution in [2.75, 3.05) is 0 Å². The summed E-state index contributed by atoms with van der Waals surface area (Å²) in [4.78, 5) is 15.9. The number of pyridine rings is 1. The third kappa shape index (κ3) is 1.83. The molecule has 0 aliphatic carbocycles. The van der Waals surface area contributed by atoms with E-state index >= 15 is 0 Å². The lowest BCUT2D eigenvalue weighted by atomic mass is 10.1. The fourth-order valence-corrected chi connectivity index (χ4v) is 2.37. The summed E-state index contributed by atoms with van der Waals surface area (Å²) in [7, 11) is 0. The van der Waals surface area contributed by atoms with Crippen LogP contribution in [0.4, 0.5) is 0 Å². The van der Waals surface area contributed by atoms with Gasteiger partial charge in [0.25, 0.3) is 0 Å². The van der Waals surface area contributed by atoms with Crippen LogP contribution in [0.15, 0.2) is 48.9 Å². The summed E-state index contributed by atoms with van der Waals surface area (Å²) in [6, 6.07) is 9.91. The van der Waals surface area contributed by atoms with Crippen molar-refractivity contribution in [3.63, 3.8) is 0 Å². The van der Waals surface area contributed by atoms with Crippen molar-refractivity contribution < 1.29 is 4.79 Å². The summed E-state index contributed by atoms with van der Waals surface area (Å²) in [6.07, 6.45) is 5.50. The van der Waals surface area contributed by atoms with Gasteiger partial charge in [0, 0.05) is 23.3 Å². The molecule has 0 spiro atoms. The molecule has 0 saturated carbocycles. The Balaban J connectivity index is 2.37. The third-order valence-electron chi connectivity index (χ3n) is 3.36. The molecule has 0 amide bonds. The first-order chi connectivity index (χ1) is 9.18. The van der Waals surface area contributed by atoms with Crippen LogP contribution in [-0.4, -0.2) is 15.3 Å². The number of hydrogen-bond acceptors (Lipinski definition) is 2. The molecule has 0 radical (unpaired) electrons. The topological polar surface area (TPSA) is 34.9 Å². The molecule has 2 aromatic heterocycles. The van der Waals surface area contributed by atoms with Gasteiger partial charge in [-0.05, 0) is 31.5 Å². The van der Waals surface area contributed by atoms with Gasteiger partial charge in [0.05, 0.1) is 17.4 Å². The predicted molar refractivity (Wildman–Crippen MR) is 75.8 cm³/mol. The summed E-state index contributed by atoms with van der Waals surface area (Å²) in [5.74, 6) is 0.0801. The highest BCUT2D eigenvalue weighted by Gasteiger charge is 2.13. The molecule has 0 aliphatic heterocycles. The fourth-order valence-electron chi connectivity index (χ4n) is 2.37. The average Bonchev–Trinajstić information content (AvgIpc) is 2.79. The minimum Gasteiger partial charge on any atom is -0.314 e. The van der Waals surface area contributed by atoms with E-state index in [0.29, 0.717) is 0 Å². The second kappa shape index (κ2) is 4.35. The van der Waals surface area contributed by atoms with Crippen molar-refractivity contribution >= 4 is 16.7 Å². The number of para-hydroxylation sites is 1. The summed E-state index contributed by atoms with van der Waals surface area (Å²) in [5, 5.41) is 0.984. The third-order valence-corrected chi connectivity index (χ3v) is 3.36. The number of carbonyl (C=O) groups is 1. The molecule has 3 heteroatoms. The molecule has 0 unspecified atom stereocenters. The highest BCUT2D eigenvalue weighted by atomic mass is 16.1. The van der Waals surface area contributed by atoms with Crippen molar-refractivity contribution in [3.8, 4) is 5.69 Å². The first-order valence-corrected chi connectivity index (χ1v) is 6.20. The van der Waals surface area contributed by atoms with Crippen LogP contribution in [-0.2, 0) is 0 Å². The molecule has 1 aromatic carbocycles. The maximum absolute atomic E-state index is 11.8. The zero-order valence-electron chi connectivity index (χ0n) is 10.9. The summed E-state index contributed by atoms with van der Waals surface area (Å²) < 4.78 is 2.04. The molecular formula is C16H14N2O. The number of carbonyl (C=O) groups excluding carboxylic acids is 1. The number of aryl methyl sites for hydroxylation is 1. The van der Waals surface area contributed by atoms with Gasteiger partial charge in [-0.25, -0.2) is 0 Å². The maximum Gasteiger partial charge on any atom is 0.161 e. The first-order valence-electron chi connectivity index (χ1n) is 6.20. The monoisotopic (exact) mass is 250 g/mol. The molecule has 2 heterocycles. The number of aromatic nitrogens is 2. The Morgan fingerprint density at radius 1 is 1.21 bits per heavy atom. The van der Waals surface area contributed by atoms with E-state index in [9.17, 15) is 4.79 Å². The predicted octanol–water partition coefficient (Wildman–Crippen LogP) is 3.54. The Labute approximate surface area is 111 Å². The van der Waals surface area contributed by atoms with Gasteiger partial charge >= 0.3 is 0 Å². The molecule has 94 valence electrons. The van der Waals surface area contributed by atoms with E-state index in [1.807, 2.05) is 54.2 Å². The molecule has 3 rings (SSSR count). The number of nitrogens with zero attached hydrogens (tertiary/aromatic N) is 2. The number of hydrogen-bond donors (Lipinski definition) is 0. The van der Waals surface area contributed by atoms with E-state index < -0.39 is 0 Å². The van der Waals surface area contributed by atoms with Crippen LogP contribution in [0.3, 0.4) is 0 Å². The lowest BCUT2D eigenvalue weighted by Crippen LogP contribution is -1.96. The Kier molecular flexibility index (Phi) is 2.67. The van der Waals surface area contributed by atoms with Crippen molar-refractivity contribution in [1.82, 2.24) is 9.55 Å². The molecule has 0 N–H and O–H groups in total. The van der Waals surface area contributed by atoms with E-state index in [1.54, 1.807) is 13.1 Å². The Bertz CT molecular complexity index is 771. The normalized spacial score (nSPS) is 10.8. The maximum atomic E-state index is 11.8. The molecule has 0 bridgehead atoms. The molecule has 3 nitrogen and oxygen atoms in total. The second-order valence-electron chi connectivity index (χ2n) is 4.65. The van der Waals surface area contributed by atoms with E-state index in [0.717, 1.165) is 27.7 Å². The number of fused-ring (bicyclic) bond motifs is 1. The van der Waals surface area contributed by atoms with Gasteiger partial charge in [-0.1, -0.05) is 18.2 Å². The van der Waals surface area contributed by atoms with Crippen molar-refractivity contribution in [2.45, 2.75) is 13.8 Å². The van der Waals surface area contributed by atoms with E-state index in [-0.39, 0.29) is 5.78 Å². The van der Waals surface area contributed by atoms with Crippen molar-refractivity contribution in [1.29, 1.82) is 0 Å². The minimum absolute atomic E-state index is 0.0801. The van der Waals surface area contributed by atoms with Gasteiger partial charge < -0.3 is 4.57 Å². The SMILES string of the molecule is CC(=O)c1cn(-c2cnccc2C)c2ccccc12. The molecule has 0 saturated heterocycles. The fraction of sp³-hybridized carbons (Fsp3) is 0.125. The van der Waals surface area contributed by atoms with Crippen LogP contribution in [0.1, 0.15) is 22.8 Å². The molecule has 3 aromatic rings. The Hall–Kier alpha value is -2.42. The van der Waals surface area contributed by atoms with Crippen LogP contribution in [0.5, 0.6) is 0 Å². The van der Waals surface area contributed by atoms with Gasteiger partial charge in [0.1, 0.15) is 0 Å². The standard InChI is InChI=1S/C16H14N2O/c1-11-7-8-17-9-16(11)18-10-14(12(2)19)13-5-3-4-6-15(13)18/h3-10H,1-2H3. The van der Waals surface area contributed by atoms with Gasteiger partial charge in [-0.2, -0.15) is 0 Å². The van der Waals surface area contributed by atoms with Crippen LogP contribution in [0.25, 0.3) is 16.6 Å². The first kappa shape index (κ1) is 11.7. The highest BCUT2D eigenvalue weighted by molar-refractivity contribution is 6.07. The summed E-state index contributed by atoms with van der Waals surface area (Å²) in [5.41, 5.74) is 3.92. The van der Waals surface area contributed by atoms with Gasteiger partial charge in [0.15, 0.2) is 5.78 Å². The minimum atomic E-state index is 0.0801. The zero-order chi connectivity index (χ0) is 13.4. The number of Topliss-reactive ketones (excluding diaryl/α,β-unsaturated/α-hetero) is 1. The van der Waals surface area contributed by atoms with Crippen LogP contribution < -0.4 is 0 Å². The smallest absolute Gasteiger partial charge is 0.161 e. The molecule has 0 fully saturated rings. The Morgan fingerprint density at radius 2 is 2.00 bits per heavy atom. The van der Waals surface area contributed by atoms with Gasteiger partial charge in [-0.15, -0.1) is 0 Å². The lowest BCUT2D eigenvalue weighted by molar-refractivity contribution is 0.101. The summed E-state index contributed by atoms with van der Waals surface area (Å²) >= 11 is 0. The van der Waals surface area contributed by atoms with Gasteiger partial charge in [-0.3, -0.25) is 9.78 Å². The summed E-state index contributed by atoms with van der Waals surface area (Å²) in [6.45, 7) is 3.64. The second-order valence-corrected chi connectivity index (χ2v) is 4.65. The highest BCUT2D eigenvalue weighted by Crippen LogP contribution is 2.26. The number of benzene rings is 1. The van der Waals surface area contributed by atoms with Gasteiger partial charge in [0.2, 0.25) is 0 Å². The average molecular weight is 250 g/mol. The molecule has 0 aliphatic rings. The van der Waals surface area contributed by atoms with Crippen LogP contribution in [0, 0.1) is 6.92 Å². The van der Waals surface area contributed by atoms with E-state index in [4.69, 9.17) is 0 Å².